The van der Waals surface area contributed by atoms with Gasteiger partial charge < -0.3 is 30.1 Å². The van der Waals surface area contributed by atoms with E-state index in [0.717, 1.165) is 56.7 Å². The lowest BCUT2D eigenvalue weighted by atomic mass is 9.61. The van der Waals surface area contributed by atoms with Crippen molar-refractivity contribution in [1.29, 1.82) is 0 Å². The van der Waals surface area contributed by atoms with Gasteiger partial charge in [-0.15, -0.1) is 0 Å². The molecule has 4 heterocycles. The van der Waals surface area contributed by atoms with Crippen molar-refractivity contribution in [3.05, 3.63) is 65.2 Å². The van der Waals surface area contributed by atoms with Gasteiger partial charge in [-0.1, -0.05) is 11.6 Å². The molecule has 1 saturated carbocycles. The van der Waals surface area contributed by atoms with Gasteiger partial charge >= 0.3 is 0 Å². The van der Waals surface area contributed by atoms with Crippen LogP contribution in [0.15, 0.2) is 48.7 Å². The Morgan fingerprint density at radius 1 is 1.29 bits per heavy atom. The minimum atomic E-state index is -0.336. The van der Waals surface area contributed by atoms with Gasteiger partial charge in [-0.05, 0) is 75.2 Å². The van der Waals surface area contributed by atoms with E-state index in [2.05, 4.69) is 20.5 Å². The minimum absolute atomic E-state index is 0.0134. The first-order valence-electron chi connectivity index (χ1n) is 13.9. The molecule has 2 aromatic heterocycles. The smallest absolute Gasteiger partial charge is 0.290 e. The zero-order chi connectivity index (χ0) is 29.7. The highest BCUT2D eigenvalue weighted by molar-refractivity contribution is 6.33. The van der Waals surface area contributed by atoms with Gasteiger partial charge in [-0.2, -0.15) is 0 Å². The summed E-state index contributed by atoms with van der Waals surface area (Å²) in [6.45, 7) is 5.43. The molecule has 3 aliphatic rings. The number of carbonyl (C=O) groups excluding carboxylic acids is 1. The average Bonchev–Trinajstić information content (AvgIpc) is 3.44. The van der Waals surface area contributed by atoms with E-state index >= 15 is 0 Å². The maximum absolute atomic E-state index is 13.4. The van der Waals surface area contributed by atoms with Gasteiger partial charge in [0.15, 0.2) is 11.4 Å². The SMILES string of the molecule is CCOc1ncccc1-c1ccc(OC2CC3(C2)CN(c2ccc(F)cc2Cl)C3)c(C(=O)N[C@@H]2CCNC2)n1.O=CO. The summed E-state index contributed by atoms with van der Waals surface area (Å²) in [5.41, 5.74) is 2.59. The standard InChI is InChI=1S/C29H31ClFN5O3.CH2O2/c1-2-38-28-21(4-3-10-33-28)23-6-8-25(26(35-23)27(37)34-19-9-11-32-15-19)39-20-13-29(14-20)16-36(17-29)24-7-5-18(31)12-22(24)30;2-1-3/h3-8,10,12,19-20,32H,2,9,11,13-17H2,1H3,(H,34,37);1H,(H,2,3)/t19-;/m1./s1. The summed E-state index contributed by atoms with van der Waals surface area (Å²) in [5.74, 6) is 0.362. The van der Waals surface area contributed by atoms with Crippen LogP contribution in [0.1, 0.15) is 36.7 Å². The van der Waals surface area contributed by atoms with Crippen molar-refractivity contribution in [3.8, 4) is 22.9 Å². The van der Waals surface area contributed by atoms with Crippen LogP contribution in [-0.4, -0.2) is 72.4 Å². The first kappa shape index (κ1) is 29.5. The number of pyridine rings is 2. The highest BCUT2D eigenvalue weighted by Gasteiger charge is 2.54. The predicted molar refractivity (Wildman–Crippen MR) is 156 cm³/mol. The molecule has 1 aliphatic carbocycles. The topological polar surface area (TPSA) is 126 Å². The number of amides is 1. The minimum Gasteiger partial charge on any atom is -0.488 e. The lowest BCUT2D eigenvalue weighted by Crippen LogP contribution is -2.65. The third kappa shape index (κ3) is 6.42. The highest BCUT2D eigenvalue weighted by atomic mass is 35.5. The second-order valence-corrected chi connectivity index (χ2v) is 11.1. The summed E-state index contributed by atoms with van der Waals surface area (Å²) in [4.78, 5) is 33.0. The third-order valence-electron chi connectivity index (χ3n) is 7.71. The van der Waals surface area contributed by atoms with Gasteiger partial charge in [0, 0.05) is 37.3 Å². The third-order valence-corrected chi connectivity index (χ3v) is 8.02. The van der Waals surface area contributed by atoms with Crippen molar-refractivity contribution in [2.45, 2.75) is 38.3 Å². The molecule has 222 valence electrons. The van der Waals surface area contributed by atoms with Crippen molar-refractivity contribution in [1.82, 2.24) is 20.6 Å². The Morgan fingerprint density at radius 3 is 2.76 bits per heavy atom. The molecule has 1 atom stereocenters. The molecular weight excluding hydrogens is 565 g/mol. The fourth-order valence-corrected chi connectivity index (χ4v) is 6.11. The normalized spacial score (nSPS) is 18.7. The lowest BCUT2D eigenvalue weighted by molar-refractivity contribution is -0.122. The molecule has 3 fully saturated rings. The Morgan fingerprint density at radius 2 is 2.07 bits per heavy atom. The molecule has 1 spiro atoms. The van der Waals surface area contributed by atoms with Crippen LogP contribution >= 0.6 is 11.6 Å². The number of anilines is 1. The van der Waals surface area contributed by atoms with Crippen LogP contribution in [0.3, 0.4) is 0 Å². The van der Waals surface area contributed by atoms with E-state index in [4.69, 9.17) is 36.0 Å². The average molecular weight is 598 g/mol. The first-order chi connectivity index (χ1) is 20.3. The van der Waals surface area contributed by atoms with Crippen LogP contribution in [0, 0.1) is 11.2 Å². The molecule has 0 unspecified atom stereocenters. The first-order valence-corrected chi connectivity index (χ1v) is 14.3. The molecule has 3 aromatic rings. The summed E-state index contributed by atoms with van der Waals surface area (Å²) in [5, 5.41) is 13.7. The van der Waals surface area contributed by atoms with Crippen LogP contribution < -0.4 is 25.0 Å². The number of hydrogen-bond donors (Lipinski definition) is 3. The fraction of sp³-hybridized carbons (Fsp3) is 0.400. The van der Waals surface area contributed by atoms with Crippen molar-refractivity contribution in [2.24, 2.45) is 5.41 Å². The van der Waals surface area contributed by atoms with Crippen LogP contribution in [0.5, 0.6) is 11.6 Å². The molecule has 12 heteroatoms. The van der Waals surface area contributed by atoms with Crippen LogP contribution in [0.4, 0.5) is 10.1 Å². The maximum atomic E-state index is 13.4. The zero-order valence-electron chi connectivity index (χ0n) is 23.2. The molecule has 1 aromatic carbocycles. The van der Waals surface area contributed by atoms with Crippen molar-refractivity contribution in [2.75, 3.05) is 37.7 Å². The summed E-state index contributed by atoms with van der Waals surface area (Å²) >= 11 is 6.25. The number of hydrogen-bond acceptors (Lipinski definition) is 8. The molecule has 10 nitrogen and oxygen atoms in total. The summed E-state index contributed by atoms with van der Waals surface area (Å²) in [6.07, 6.45) is 4.27. The molecule has 3 N–H and O–H groups in total. The van der Waals surface area contributed by atoms with E-state index < -0.39 is 0 Å². The van der Waals surface area contributed by atoms with E-state index in [9.17, 15) is 9.18 Å². The van der Waals surface area contributed by atoms with Gasteiger partial charge in [0.05, 0.1) is 28.6 Å². The van der Waals surface area contributed by atoms with Crippen LogP contribution in [0.2, 0.25) is 5.02 Å². The van der Waals surface area contributed by atoms with Crippen molar-refractivity contribution < 1.29 is 28.6 Å². The van der Waals surface area contributed by atoms with Crippen molar-refractivity contribution in [3.63, 3.8) is 0 Å². The summed E-state index contributed by atoms with van der Waals surface area (Å²) in [7, 11) is 0. The predicted octanol–water partition coefficient (Wildman–Crippen LogP) is 4.18. The number of carboxylic acid groups (broad SMARTS) is 1. The Balaban J connectivity index is 0.00000113. The number of nitrogens with zero attached hydrogens (tertiary/aromatic N) is 3. The number of ether oxygens (including phenoxy) is 2. The Kier molecular flexibility index (Phi) is 9.08. The molecule has 42 heavy (non-hydrogen) atoms. The second kappa shape index (κ2) is 12.9. The van der Waals surface area contributed by atoms with Gasteiger partial charge in [0.2, 0.25) is 5.88 Å². The van der Waals surface area contributed by atoms with Gasteiger partial charge in [0.25, 0.3) is 12.4 Å². The van der Waals surface area contributed by atoms with E-state index in [0.29, 0.717) is 29.0 Å². The van der Waals surface area contributed by atoms with Gasteiger partial charge in [-0.3, -0.25) is 9.59 Å². The number of aromatic nitrogens is 2. The molecule has 2 aliphatic heterocycles. The molecule has 6 rings (SSSR count). The monoisotopic (exact) mass is 597 g/mol. The zero-order valence-corrected chi connectivity index (χ0v) is 23.9. The number of halogens is 2. The lowest BCUT2D eigenvalue weighted by Gasteiger charge is -2.59. The molecule has 1 amide bonds. The van der Waals surface area contributed by atoms with E-state index in [1.807, 2.05) is 31.2 Å². The molecule has 0 bridgehead atoms. The van der Waals surface area contributed by atoms with Gasteiger partial charge in [-0.25, -0.2) is 14.4 Å². The Bertz CT molecular complexity index is 1420. The molecule has 0 radical (unpaired) electrons. The van der Waals surface area contributed by atoms with Crippen molar-refractivity contribution >= 4 is 29.7 Å². The van der Waals surface area contributed by atoms with Crippen LogP contribution in [0.25, 0.3) is 11.3 Å². The van der Waals surface area contributed by atoms with E-state index in [-0.39, 0.29) is 41.5 Å². The van der Waals surface area contributed by atoms with Gasteiger partial charge in [0.1, 0.15) is 11.9 Å². The molecular formula is C30H33ClFN5O5. The number of nitrogens with one attached hydrogen (secondary N) is 2. The van der Waals surface area contributed by atoms with E-state index in [1.165, 1.54) is 12.1 Å². The number of rotatable bonds is 8. The fourth-order valence-electron chi connectivity index (χ4n) is 5.82. The summed E-state index contributed by atoms with van der Waals surface area (Å²) in [6, 6.07) is 11.9. The Hall–Kier alpha value is -3.96. The quantitative estimate of drug-likeness (QED) is 0.328. The van der Waals surface area contributed by atoms with E-state index in [1.54, 1.807) is 12.3 Å². The highest BCUT2D eigenvalue weighted by Crippen LogP contribution is 2.52. The largest absolute Gasteiger partial charge is 0.488 e. The number of carbonyl (C=O) groups is 2. The van der Waals surface area contributed by atoms with Crippen LogP contribution in [-0.2, 0) is 4.79 Å². The maximum Gasteiger partial charge on any atom is 0.290 e. The number of benzene rings is 1. The molecule has 2 saturated heterocycles. The summed E-state index contributed by atoms with van der Waals surface area (Å²) < 4.78 is 25.5. The Labute approximate surface area is 248 Å². The second-order valence-electron chi connectivity index (χ2n) is 10.7.